The molecular weight excluding hydrogens is 552 g/mol. The van der Waals surface area contributed by atoms with E-state index in [-0.39, 0.29) is 16.8 Å². The van der Waals surface area contributed by atoms with Gasteiger partial charge in [0.25, 0.3) is 5.91 Å². The molecule has 1 amide bonds. The van der Waals surface area contributed by atoms with Crippen LogP contribution in [0.4, 0.5) is 5.69 Å². The van der Waals surface area contributed by atoms with Crippen molar-refractivity contribution < 1.29 is 14.7 Å². The number of hydrogen-bond acceptors (Lipinski definition) is 5. The lowest BCUT2D eigenvalue weighted by atomic mass is 10.1. The van der Waals surface area contributed by atoms with Crippen molar-refractivity contribution in [1.82, 2.24) is 14.6 Å². The molecule has 9 heteroatoms. The second kappa shape index (κ2) is 9.91. The Labute approximate surface area is 226 Å². The summed E-state index contributed by atoms with van der Waals surface area (Å²) in [6, 6.07) is 18.5. The topological polar surface area (TPSA) is 87.8 Å². The lowest BCUT2D eigenvalue weighted by Crippen LogP contribution is -2.38. The number of benzene rings is 2. The number of amides is 1. The Morgan fingerprint density at radius 3 is 2.43 bits per heavy atom. The number of aromatic carboxylic acids is 1. The Kier molecular flexibility index (Phi) is 6.66. The number of thiophene rings is 1. The van der Waals surface area contributed by atoms with E-state index in [0.717, 1.165) is 48.7 Å². The lowest BCUT2D eigenvalue weighted by molar-refractivity contribution is 0.0703. The number of carboxylic acid groups (broad SMARTS) is 1. The average molecular weight is 575 g/mol. The maximum atomic E-state index is 13.6. The molecule has 5 rings (SSSR count). The molecule has 0 aliphatic heterocycles. The Bertz CT molecular complexity index is 1610. The molecule has 5 aromatic rings. The van der Waals surface area contributed by atoms with Crippen molar-refractivity contribution in [1.29, 1.82) is 0 Å². The zero-order valence-corrected chi connectivity index (χ0v) is 22.7. The van der Waals surface area contributed by atoms with Crippen molar-refractivity contribution in [3.8, 4) is 21.7 Å². The van der Waals surface area contributed by atoms with Gasteiger partial charge in [0.05, 0.1) is 11.4 Å². The van der Waals surface area contributed by atoms with Gasteiger partial charge in [-0.15, -0.1) is 11.3 Å². The van der Waals surface area contributed by atoms with Crippen LogP contribution in [0.1, 0.15) is 39.4 Å². The van der Waals surface area contributed by atoms with E-state index in [1.807, 2.05) is 75.5 Å². The smallest absolute Gasteiger partial charge is 0.348 e. The molecular formula is C28H23BrN4O3S. The Balaban J connectivity index is 1.52. The first-order chi connectivity index (χ1) is 17.7. The second-order valence-corrected chi connectivity index (χ2v) is 10.9. The van der Waals surface area contributed by atoms with Crippen LogP contribution in [0.15, 0.2) is 77.5 Å². The van der Waals surface area contributed by atoms with E-state index < -0.39 is 5.97 Å². The Morgan fingerprint density at radius 2 is 1.78 bits per heavy atom. The van der Waals surface area contributed by atoms with Crippen LogP contribution >= 0.6 is 27.3 Å². The number of fused-ring (bicyclic) bond motifs is 1. The standard InChI is InChI=1S/C28H23BrN4O3S/c1-16(2)33(27(34)21-10-9-20(29)13-17(21)3)23-15-24(37-26(23)28(35)36)19-7-5-18(6-8-19)22-14-25-30-11-4-12-32(25)31-22/h4-16H,1-3H3,(H,35,36). The molecule has 7 nitrogen and oxygen atoms in total. The molecule has 0 bridgehead atoms. The summed E-state index contributed by atoms with van der Waals surface area (Å²) in [4.78, 5) is 32.6. The van der Waals surface area contributed by atoms with Gasteiger partial charge in [-0.1, -0.05) is 40.2 Å². The van der Waals surface area contributed by atoms with Crippen molar-refractivity contribution >= 4 is 50.5 Å². The largest absolute Gasteiger partial charge is 0.477 e. The van der Waals surface area contributed by atoms with Crippen molar-refractivity contribution in [3.63, 3.8) is 0 Å². The van der Waals surface area contributed by atoms with Gasteiger partial charge in [0, 0.05) is 45.0 Å². The van der Waals surface area contributed by atoms with E-state index in [9.17, 15) is 14.7 Å². The molecule has 0 saturated carbocycles. The zero-order valence-electron chi connectivity index (χ0n) is 20.3. The lowest BCUT2D eigenvalue weighted by Gasteiger charge is -2.27. The monoisotopic (exact) mass is 574 g/mol. The van der Waals surface area contributed by atoms with Crippen LogP contribution in [0.3, 0.4) is 0 Å². The first-order valence-corrected chi connectivity index (χ1v) is 13.2. The quantitative estimate of drug-likeness (QED) is 0.237. The number of rotatable bonds is 6. The van der Waals surface area contributed by atoms with Crippen LogP contribution < -0.4 is 4.90 Å². The van der Waals surface area contributed by atoms with Crippen LogP contribution in [-0.2, 0) is 0 Å². The number of nitrogens with zero attached hydrogens (tertiary/aromatic N) is 4. The molecule has 37 heavy (non-hydrogen) atoms. The molecule has 3 heterocycles. The molecule has 0 aliphatic carbocycles. The summed E-state index contributed by atoms with van der Waals surface area (Å²) in [5, 5.41) is 14.6. The number of carbonyl (C=O) groups is 2. The third-order valence-corrected chi connectivity index (χ3v) is 7.68. The van der Waals surface area contributed by atoms with E-state index in [1.165, 1.54) is 0 Å². The minimum absolute atomic E-state index is 0.127. The molecule has 3 aromatic heterocycles. The van der Waals surface area contributed by atoms with Gasteiger partial charge in [-0.25, -0.2) is 14.3 Å². The van der Waals surface area contributed by atoms with Gasteiger partial charge >= 0.3 is 5.97 Å². The number of anilines is 1. The van der Waals surface area contributed by atoms with E-state index in [1.54, 1.807) is 27.7 Å². The molecule has 0 unspecified atom stereocenters. The first-order valence-electron chi connectivity index (χ1n) is 11.6. The van der Waals surface area contributed by atoms with Crippen molar-refractivity contribution in [2.75, 3.05) is 4.90 Å². The molecule has 1 N–H and O–H groups in total. The van der Waals surface area contributed by atoms with Gasteiger partial charge in [-0.3, -0.25) is 4.79 Å². The van der Waals surface area contributed by atoms with Crippen LogP contribution in [0, 0.1) is 6.92 Å². The SMILES string of the molecule is Cc1cc(Br)ccc1C(=O)N(c1cc(-c2ccc(-c3cc4ncccn4n3)cc2)sc1C(=O)O)C(C)C. The van der Waals surface area contributed by atoms with Crippen molar-refractivity contribution in [2.45, 2.75) is 26.8 Å². The van der Waals surface area contributed by atoms with E-state index in [2.05, 4.69) is 26.0 Å². The fourth-order valence-corrected chi connectivity index (χ4v) is 5.72. The summed E-state index contributed by atoms with van der Waals surface area (Å²) in [5.41, 5.74) is 5.09. The van der Waals surface area contributed by atoms with E-state index >= 15 is 0 Å². The summed E-state index contributed by atoms with van der Waals surface area (Å²) in [6.45, 7) is 5.63. The maximum Gasteiger partial charge on any atom is 0.348 e. The van der Waals surface area contributed by atoms with Crippen LogP contribution in [-0.4, -0.2) is 37.6 Å². The van der Waals surface area contributed by atoms with Crippen molar-refractivity contribution in [3.05, 3.63) is 93.5 Å². The number of carbonyl (C=O) groups excluding carboxylic acids is 1. The fraction of sp³-hybridized carbons (Fsp3) is 0.143. The average Bonchev–Trinajstić information content (AvgIpc) is 3.49. The molecule has 2 aromatic carbocycles. The van der Waals surface area contributed by atoms with Crippen LogP contribution in [0.5, 0.6) is 0 Å². The van der Waals surface area contributed by atoms with Gasteiger partial charge in [-0.05, 0) is 62.2 Å². The number of halogens is 1. The third kappa shape index (κ3) is 4.80. The minimum Gasteiger partial charge on any atom is -0.477 e. The molecule has 0 saturated heterocycles. The summed E-state index contributed by atoms with van der Waals surface area (Å²) in [5.74, 6) is -1.30. The van der Waals surface area contributed by atoms with Gasteiger partial charge in [0.15, 0.2) is 5.65 Å². The number of carboxylic acids is 1. The predicted octanol–water partition coefficient (Wildman–Crippen LogP) is 6.95. The van der Waals surface area contributed by atoms with E-state index in [0.29, 0.717) is 11.3 Å². The molecule has 0 fully saturated rings. The minimum atomic E-state index is -1.06. The normalized spacial score (nSPS) is 11.3. The Morgan fingerprint density at radius 1 is 1.05 bits per heavy atom. The van der Waals surface area contributed by atoms with Gasteiger partial charge in [-0.2, -0.15) is 5.10 Å². The predicted molar refractivity (Wildman–Crippen MR) is 150 cm³/mol. The maximum absolute atomic E-state index is 13.6. The first kappa shape index (κ1) is 24.9. The Hall–Kier alpha value is -3.82. The summed E-state index contributed by atoms with van der Waals surface area (Å²) in [6.07, 6.45) is 3.57. The fourth-order valence-electron chi connectivity index (χ4n) is 4.25. The molecule has 0 radical (unpaired) electrons. The summed E-state index contributed by atoms with van der Waals surface area (Å²) in [7, 11) is 0. The van der Waals surface area contributed by atoms with E-state index in [4.69, 9.17) is 0 Å². The number of aromatic nitrogens is 3. The number of hydrogen-bond donors (Lipinski definition) is 1. The highest BCUT2D eigenvalue weighted by Crippen LogP contribution is 2.39. The third-order valence-electron chi connectivity index (χ3n) is 6.02. The van der Waals surface area contributed by atoms with Gasteiger partial charge in [0.2, 0.25) is 0 Å². The zero-order chi connectivity index (χ0) is 26.3. The number of aryl methyl sites for hydroxylation is 1. The molecule has 0 atom stereocenters. The highest BCUT2D eigenvalue weighted by molar-refractivity contribution is 9.10. The molecule has 186 valence electrons. The van der Waals surface area contributed by atoms with Gasteiger partial charge in [0.1, 0.15) is 4.88 Å². The highest BCUT2D eigenvalue weighted by atomic mass is 79.9. The van der Waals surface area contributed by atoms with Crippen molar-refractivity contribution in [2.24, 2.45) is 0 Å². The molecule has 0 spiro atoms. The summed E-state index contributed by atoms with van der Waals surface area (Å²) >= 11 is 4.60. The highest BCUT2D eigenvalue weighted by Gasteiger charge is 2.29. The van der Waals surface area contributed by atoms with Crippen LogP contribution in [0.25, 0.3) is 27.3 Å². The van der Waals surface area contributed by atoms with Crippen LogP contribution in [0.2, 0.25) is 0 Å². The molecule has 0 aliphatic rings. The van der Waals surface area contributed by atoms with Gasteiger partial charge < -0.3 is 10.0 Å². The summed E-state index contributed by atoms with van der Waals surface area (Å²) < 4.78 is 2.60. The second-order valence-electron chi connectivity index (χ2n) is 8.89.